The standard InChI is InChI=1S/C17H8Br2F7NOS/c18-11-6-13(19)12(5-9-2-1-3-10(4-9)8-27)14(7-11)29(28)17(25,26)15(20,21)16(22,23)24/h1-4,6-7H,5H2. The second-order valence-electron chi connectivity index (χ2n) is 5.71. The number of hydrogen-bond acceptors (Lipinski definition) is 2. The van der Waals surface area contributed by atoms with Crippen LogP contribution in [0.15, 0.2) is 50.2 Å². The molecule has 1 unspecified atom stereocenters. The van der Waals surface area contributed by atoms with E-state index in [0.717, 1.165) is 6.07 Å². The first-order valence-corrected chi connectivity index (χ1v) is 10.2. The van der Waals surface area contributed by atoms with Crippen LogP contribution in [0.25, 0.3) is 0 Å². The maximum absolute atomic E-state index is 14.0. The lowest BCUT2D eigenvalue weighted by Gasteiger charge is -2.28. The minimum absolute atomic E-state index is 0.0355. The van der Waals surface area contributed by atoms with Crippen LogP contribution in [0.3, 0.4) is 0 Å². The van der Waals surface area contributed by atoms with Crippen molar-refractivity contribution in [3.63, 3.8) is 0 Å². The Morgan fingerprint density at radius 2 is 1.62 bits per heavy atom. The van der Waals surface area contributed by atoms with Crippen molar-refractivity contribution in [2.24, 2.45) is 0 Å². The second-order valence-corrected chi connectivity index (χ2v) is 8.97. The zero-order valence-electron chi connectivity index (χ0n) is 13.8. The number of halogens is 9. The van der Waals surface area contributed by atoms with Crippen molar-refractivity contribution in [2.45, 2.75) is 28.7 Å². The SMILES string of the molecule is N#Cc1cccc(Cc2c(Br)cc(Br)cc2S(=O)C(F)(F)C(F)(F)C(F)(F)F)c1. The number of alkyl halides is 7. The van der Waals surface area contributed by atoms with Crippen LogP contribution in [0.4, 0.5) is 30.7 Å². The van der Waals surface area contributed by atoms with Crippen LogP contribution in [0.2, 0.25) is 0 Å². The third-order valence-corrected chi connectivity index (χ3v) is 6.36. The summed E-state index contributed by atoms with van der Waals surface area (Å²) in [5.74, 6) is -6.52. The van der Waals surface area contributed by atoms with Gasteiger partial charge >= 0.3 is 17.4 Å². The van der Waals surface area contributed by atoms with Gasteiger partial charge < -0.3 is 0 Å². The van der Waals surface area contributed by atoms with Gasteiger partial charge in [-0.3, -0.25) is 0 Å². The summed E-state index contributed by atoms with van der Waals surface area (Å²) in [7, 11) is -4.05. The van der Waals surface area contributed by atoms with E-state index < -0.39 is 33.0 Å². The topological polar surface area (TPSA) is 40.9 Å². The number of nitrogens with zero attached hydrogens (tertiary/aromatic N) is 1. The number of nitriles is 1. The number of rotatable bonds is 5. The Labute approximate surface area is 179 Å². The Balaban J connectivity index is 2.61. The zero-order valence-corrected chi connectivity index (χ0v) is 17.8. The molecule has 2 aromatic rings. The highest BCUT2D eigenvalue weighted by atomic mass is 79.9. The average molecular weight is 567 g/mol. The fourth-order valence-electron chi connectivity index (χ4n) is 2.29. The molecule has 1 atom stereocenters. The Morgan fingerprint density at radius 3 is 2.17 bits per heavy atom. The molecular weight excluding hydrogens is 559 g/mol. The highest BCUT2D eigenvalue weighted by molar-refractivity contribution is 9.11. The van der Waals surface area contributed by atoms with Gasteiger partial charge in [-0.1, -0.05) is 44.0 Å². The molecule has 0 aliphatic rings. The van der Waals surface area contributed by atoms with Gasteiger partial charge in [0.25, 0.3) is 0 Å². The third-order valence-electron chi connectivity index (χ3n) is 3.71. The summed E-state index contributed by atoms with van der Waals surface area (Å²) in [5, 5.41) is 3.01. The summed E-state index contributed by atoms with van der Waals surface area (Å²) in [6, 6.07) is 9.79. The van der Waals surface area contributed by atoms with Crippen LogP contribution in [-0.2, 0) is 17.2 Å². The fraction of sp³-hybridized carbons (Fsp3) is 0.235. The molecule has 0 N–H and O–H groups in total. The third kappa shape index (κ3) is 4.67. The van der Waals surface area contributed by atoms with Gasteiger partial charge in [0.2, 0.25) is 0 Å². The molecule has 0 heterocycles. The molecule has 0 aliphatic carbocycles. The summed E-state index contributed by atoms with van der Waals surface area (Å²) < 4.78 is 105. The summed E-state index contributed by atoms with van der Waals surface area (Å²) in [5.41, 5.74) is 0.405. The van der Waals surface area contributed by atoms with Gasteiger partial charge in [-0.25, -0.2) is 4.21 Å². The van der Waals surface area contributed by atoms with Gasteiger partial charge in [0.15, 0.2) is 0 Å². The molecule has 156 valence electrons. The fourth-order valence-corrected chi connectivity index (χ4v) is 5.20. The smallest absolute Gasteiger partial charge is 0.248 e. The maximum Gasteiger partial charge on any atom is 0.461 e. The molecule has 0 aliphatic heterocycles. The van der Waals surface area contributed by atoms with E-state index in [-0.39, 0.29) is 26.5 Å². The Kier molecular flexibility index (Phi) is 6.86. The Bertz CT molecular complexity index is 1000. The summed E-state index contributed by atoms with van der Waals surface area (Å²) in [4.78, 5) is -0.900. The molecular formula is C17H8Br2F7NOS. The van der Waals surface area contributed by atoms with Crippen LogP contribution < -0.4 is 0 Å². The first kappa shape index (κ1) is 23.8. The quantitative estimate of drug-likeness (QED) is 0.384. The van der Waals surface area contributed by atoms with Gasteiger partial charge in [0.1, 0.15) is 10.8 Å². The lowest BCUT2D eigenvalue weighted by Crippen LogP contribution is -2.54. The maximum atomic E-state index is 14.0. The van der Waals surface area contributed by atoms with E-state index >= 15 is 0 Å². The summed E-state index contributed by atoms with van der Waals surface area (Å²) in [6.07, 6.45) is -6.85. The molecule has 0 saturated carbocycles. The zero-order chi connectivity index (χ0) is 22.2. The second kappa shape index (κ2) is 8.35. The highest BCUT2D eigenvalue weighted by Crippen LogP contribution is 2.50. The van der Waals surface area contributed by atoms with E-state index in [4.69, 9.17) is 5.26 Å². The van der Waals surface area contributed by atoms with Crippen LogP contribution >= 0.6 is 31.9 Å². The molecule has 0 saturated heterocycles. The molecule has 0 radical (unpaired) electrons. The monoisotopic (exact) mass is 565 g/mol. The van der Waals surface area contributed by atoms with Crippen molar-refractivity contribution < 1.29 is 34.9 Å². The molecule has 0 spiro atoms. The minimum atomic E-state index is -6.60. The van der Waals surface area contributed by atoms with Crippen molar-refractivity contribution in [1.82, 2.24) is 0 Å². The molecule has 0 aromatic heterocycles. The van der Waals surface area contributed by atoms with Crippen molar-refractivity contribution in [3.8, 4) is 6.07 Å². The summed E-state index contributed by atoms with van der Waals surface area (Å²) >= 11 is 5.95. The lowest BCUT2D eigenvalue weighted by molar-refractivity contribution is -0.331. The van der Waals surface area contributed by atoms with Gasteiger partial charge in [-0.2, -0.15) is 36.0 Å². The largest absolute Gasteiger partial charge is 0.461 e. The first-order chi connectivity index (χ1) is 13.2. The predicted octanol–water partition coefficient (Wildman–Crippen LogP) is 6.57. The summed E-state index contributed by atoms with van der Waals surface area (Å²) in [6.45, 7) is 0. The molecule has 2 rings (SSSR count). The van der Waals surface area contributed by atoms with Crippen LogP contribution in [0, 0.1) is 11.3 Å². The van der Waals surface area contributed by atoms with Crippen molar-refractivity contribution in [3.05, 3.63) is 62.0 Å². The van der Waals surface area contributed by atoms with Crippen LogP contribution in [0.1, 0.15) is 16.7 Å². The molecule has 2 aromatic carbocycles. The Morgan fingerprint density at radius 1 is 1.00 bits per heavy atom. The predicted molar refractivity (Wildman–Crippen MR) is 98.2 cm³/mol. The van der Waals surface area contributed by atoms with E-state index in [1.54, 1.807) is 0 Å². The van der Waals surface area contributed by atoms with Gasteiger partial charge in [-0.05, 0) is 41.8 Å². The van der Waals surface area contributed by atoms with Gasteiger partial charge in [-0.15, -0.1) is 0 Å². The Hall–Kier alpha value is -1.45. The lowest BCUT2D eigenvalue weighted by atomic mass is 10.0. The van der Waals surface area contributed by atoms with E-state index in [1.807, 2.05) is 6.07 Å². The highest BCUT2D eigenvalue weighted by Gasteiger charge is 2.76. The van der Waals surface area contributed by atoms with Crippen LogP contribution in [-0.4, -0.2) is 21.6 Å². The first-order valence-electron chi connectivity index (χ1n) is 7.43. The molecule has 2 nitrogen and oxygen atoms in total. The van der Waals surface area contributed by atoms with Crippen molar-refractivity contribution in [2.75, 3.05) is 0 Å². The van der Waals surface area contributed by atoms with Gasteiger partial charge in [0, 0.05) is 8.95 Å². The minimum Gasteiger partial charge on any atom is -0.248 e. The van der Waals surface area contributed by atoms with E-state index in [0.29, 0.717) is 5.56 Å². The number of hydrogen-bond donors (Lipinski definition) is 0. The van der Waals surface area contributed by atoms with Crippen molar-refractivity contribution >= 4 is 42.7 Å². The molecule has 0 bridgehead atoms. The van der Waals surface area contributed by atoms with Crippen LogP contribution in [0.5, 0.6) is 0 Å². The van der Waals surface area contributed by atoms with E-state index in [9.17, 15) is 34.9 Å². The molecule has 12 heteroatoms. The van der Waals surface area contributed by atoms with Gasteiger partial charge in [0.05, 0.1) is 16.5 Å². The van der Waals surface area contributed by atoms with Crippen molar-refractivity contribution in [1.29, 1.82) is 5.26 Å². The molecule has 0 amide bonds. The van der Waals surface area contributed by atoms with E-state index in [2.05, 4.69) is 31.9 Å². The average Bonchev–Trinajstić information content (AvgIpc) is 2.62. The normalized spacial score (nSPS) is 13.8. The van der Waals surface area contributed by atoms with E-state index in [1.165, 1.54) is 30.3 Å². The molecule has 0 fully saturated rings. The molecule has 29 heavy (non-hydrogen) atoms. The number of benzene rings is 2.